The van der Waals surface area contributed by atoms with E-state index in [0.717, 1.165) is 12.8 Å². The van der Waals surface area contributed by atoms with Gasteiger partial charge in [-0.05, 0) is 25.7 Å². The Labute approximate surface area is 73.3 Å². The molecule has 12 heavy (non-hydrogen) atoms. The summed E-state index contributed by atoms with van der Waals surface area (Å²) in [5, 5.41) is 0. The predicted molar refractivity (Wildman–Crippen MR) is 46.8 cm³/mol. The van der Waals surface area contributed by atoms with Crippen molar-refractivity contribution >= 4 is 11.6 Å². The van der Waals surface area contributed by atoms with Gasteiger partial charge in [0.25, 0.3) is 0 Å². The molecule has 0 spiro atoms. The smallest absolute Gasteiger partial charge is 0.136 e. The van der Waals surface area contributed by atoms with Crippen LogP contribution in [0.1, 0.15) is 39.5 Å². The van der Waals surface area contributed by atoms with Gasteiger partial charge >= 0.3 is 0 Å². The Kier molecular flexibility index (Phi) is 3.01. The summed E-state index contributed by atoms with van der Waals surface area (Å²) in [6, 6.07) is 0. The quantitative estimate of drug-likeness (QED) is 0.631. The van der Waals surface area contributed by atoms with Crippen LogP contribution < -0.4 is 0 Å². The van der Waals surface area contributed by atoms with Crippen LogP contribution in [0.4, 0.5) is 0 Å². The highest BCUT2D eigenvalue weighted by Crippen LogP contribution is 2.29. The summed E-state index contributed by atoms with van der Waals surface area (Å²) in [6.45, 7) is 3.64. The van der Waals surface area contributed by atoms with E-state index < -0.39 is 0 Å². The summed E-state index contributed by atoms with van der Waals surface area (Å²) < 4.78 is 0. The minimum absolute atomic E-state index is 0.0243. The molecule has 0 unspecified atom stereocenters. The number of hydrogen-bond acceptors (Lipinski definition) is 2. The summed E-state index contributed by atoms with van der Waals surface area (Å²) >= 11 is 0. The number of carbonyl (C=O) groups excluding carboxylic acids is 2. The van der Waals surface area contributed by atoms with E-state index in [1.807, 2.05) is 0 Å². The number of carbonyl (C=O) groups is 2. The average molecular weight is 168 g/mol. The lowest BCUT2D eigenvalue weighted by molar-refractivity contribution is -0.130. The van der Waals surface area contributed by atoms with E-state index >= 15 is 0 Å². The minimum atomic E-state index is 0.0243. The molecule has 1 saturated carbocycles. The van der Waals surface area contributed by atoms with Crippen molar-refractivity contribution in [2.75, 3.05) is 0 Å². The van der Waals surface area contributed by atoms with Gasteiger partial charge < -0.3 is 4.79 Å². The molecule has 1 rings (SSSR count). The van der Waals surface area contributed by atoms with E-state index in [1.165, 1.54) is 0 Å². The van der Waals surface area contributed by atoms with Gasteiger partial charge in [-0.15, -0.1) is 0 Å². The molecule has 0 aromatic rings. The molecular weight excluding hydrogens is 152 g/mol. The van der Waals surface area contributed by atoms with E-state index in [2.05, 4.69) is 6.92 Å². The van der Waals surface area contributed by atoms with Crippen LogP contribution in [-0.4, -0.2) is 11.6 Å². The average Bonchev–Trinajstić information content (AvgIpc) is 1.97. The van der Waals surface area contributed by atoms with Crippen LogP contribution >= 0.6 is 0 Å². The van der Waals surface area contributed by atoms with Crippen molar-refractivity contribution in [1.82, 2.24) is 0 Å². The molecule has 1 fully saturated rings. The zero-order valence-corrected chi connectivity index (χ0v) is 7.80. The first-order valence-electron chi connectivity index (χ1n) is 4.63. The van der Waals surface area contributed by atoms with E-state index in [4.69, 9.17) is 0 Å². The summed E-state index contributed by atoms with van der Waals surface area (Å²) in [5.74, 6) is 0.873. The third kappa shape index (κ3) is 2.16. The van der Waals surface area contributed by atoms with Crippen molar-refractivity contribution in [3.8, 4) is 0 Å². The highest BCUT2D eigenvalue weighted by atomic mass is 16.1. The Hall–Kier alpha value is -0.660. The van der Waals surface area contributed by atoms with Crippen molar-refractivity contribution < 1.29 is 9.59 Å². The second kappa shape index (κ2) is 3.83. The normalized spacial score (nSPS) is 30.3. The van der Waals surface area contributed by atoms with Gasteiger partial charge in [0.05, 0.1) is 0 Å². The SMILES string of the molecule is CC(=O)C[C@H]1C(=O)CCC[C@@H]1C. The summed E-state index contributed by atoms with van der Waals surface area (Å²) in [7, 11) is 0. The largest absolute Gasteiger partial charge is 0.300 e. The highest BCUT2D eigenvalue weighted by Gasteiger charge is 2.29. The number of Topliss-reactive ketones (excluding diaryl/α,β-unsaturated/α-hetero) is 2. The van der Waals surface area contributed by atoms with Gasteiger partial charge in [0.15, 0.2) is 0 Å². The Morgan fingerprint density at radius 1 is 1.58 bits per heavy atom. The molecule has 2 nitrogen and oxygen atoms in total. The zero-order valence-electron chi connectivity index (χ0n) is 7.80. The van der Waals surface area contributed by atoms with Crippen LogP contribution in [0.2, 0.25) is 0 Å². The molecule has 2 heteroatoms. The Bertz CT molecular complexity index is 196. The van der Waals surface area contributed by atoms with E-state index in [9.17, 15) is 9.59 Å². The first-order valence-corrected chi connectivity index (χ1v) is 4.63. The van der Waals surface area contributed by atoms with Crippen molar-refractivity contribution in [1.29, 1.82) is 0 Å². The molecule has 0 radical (unpaired) electrons. The van der Waals surface area contributed by atoms with Crippen LogP contribution in [0.3, 0.4) is 0 Å². The van der Waals surface area contributed by atoms with Crippen molar-refractivity contribution in [2.24, 2.45) is 11.8 Å². The fraction of sp³-hybridized carbons (Fsp3) is 0.800. The van der Waals surface area contributed by atoms with E-state index in [0.29, 0.717) is 24.5 Å². The van der Waals surface area contributed by atoms with Crippen LogP contribution in [-0.2, 0) is 9.59 Å². The van der Waals surface area contributed by atoms with E-state index in [-0.39, 0.29) is 11.7 Å². The fourth-order valence-electron chi connectivity index (χ4n) is 1.93. The molecule has 0 bridgehead atoms. The molecule has 0 saturated heterocycles. The molecule has 0 aromatic carbocycles. The van der Waals surface area contributed by atoms with Crippen LogP contribution in [0.5, 0.6) is 0 Å². The Balaban J connectivity index is 2.57. The molecule has 0 N–H and O–H groups in total. The fourth-order valence-corrected chi connectivity index (χ4v) is 1.93. The molecule has 0 amide bonds. The molecule has 0 heterocycles. The number of ketones is 2. The molecule has 1 aliphatic rings. The van der Waals surface area contributed by atoms with Crippen LogP contribution in [0.15, 0.2) is 0 Å². The summed E-state index contributed by atoms with van der Waals surface area (Å²) in [6.07, 6.45) is 3.25. The van der Waals surface area contributed by atoms with Crippen molar-refractivity contribution in [3.63, 3.8) is 0 Å². The lowest BCUT2D eigenvalue weighted by atomic mass is 9.77. The van der Waals surface area contributed by atoms with Gasteiger partial charge in [-0.2, -0.15) is 0 Å². The van der Waals surface area contributed by atoms with Crippen molar-refractivity contribution in [2.45, 2.75) is 39.5 Å². The van der Waals surface area contributed by atoms with Gasteiger partial charge in [-0.25, -0.2) is 0 Å². The second-order valence-electron chi connectivity index (χ2n) is 3.85. The minimum Gasteiger partial charge on any atom is -0.300 e. The highest BCUT2D eigenvalue weighted by molar-refractivity contribution is 5.87. The van der Waals surface area contributed by atoms with Gasteiger partial charge in [-0.3, -0.25) is 4.79 Å². The van der Waals surface area contributed by atoms with Gasteiger partial charge in [0.1, 0.15) is 11.6 Å². The standard InChI is InChI=1S/C10H16O2/c1-7-4-3-5-10(12)9(7)6-8(2)11/h7,9H,3-6H2,1-2H3/t7-,9+/m0/s1. The molecule has 2 atom stereocenters. The molecule has 0 aliphatic heterocycles. The summed E-state index contributed by atoms with van der Waals surface area (Å²) in [5.41, 5.74) is 0. The summed E-state index contributed by atoms with van der Waals surface area (Å²) in [4.78, 5) is 22.2. The first-order chi connectivity index (χ1) is 5.61. The third-order valence-corrected chi connectivity index (χ3v) is 2.69. The molecule has 1 aliphatic carbocycles. The lowest BCUT2D eigenvalue weighted by Crippen LogP contribution is -2.28. The lowest BCUT2D eigenvalue weighted by Gasteiger charge is -2.26. The topological polar surface area (TPSA) is 34.1 Å². The first kappa shape index (κ1) is 9.43. The van der Waals surface area contributed by atoms with Gasteiger partial charge in [0.2, 0.25) is 0 Å². The zero-order chi connectivity index (χ0) is 9.14. The van der Waals surface area contributed by atoms with Crippen LogP contribution in [0, 0.1) is 11.8 Å². The molecule has 0 aromatic heterocycles. The molecular formula is C10H16O2. The Morgan fingerprint density at radius 3 is 2.75 bits per heavy atom. The molecule has 68 valence electrons. The van der Waals surface area contributed by atoms with Crippen LogP contribution in [0.25, 0.3) is 0 Å². The van der Waals surface area contributed by atoms with E-state index in [1.54, 1.807) is 6.92 Å². The van der Waals surface area contributed by atoms with Gasteiger partial charge in [-0.1, -0.05) is 6.92 Å². The maximum atomic E-state index is 11.4. The second-order valence-corrected chi connectivity index (χ2v) is 3.85. The monoisotopic (exact) mass is 168 g/mol. The van der Waals surface area contributed by atoms with Crippen molar-refractivity contribution in [3.05, 3.63) is 0 Å². The maximum Gasteiger partial charge on any atom is 0.136 e. The van der Waals surface area contributed by atoms with Gasteiger partial charge in [0, 0.05) is 18.8 Å². The Morgan fingerprint density at radius 2 is 2.25 bits per heavy atom. The third-order valence-electron chi connectivity index (χ3n) is 2.69. The predicted octanol–water partition coefficient (Wildman–Crippen LogP) is 1.97. The maximum absolute atomic E-state index is 11.4. The number of rotatable bonds is 2. The number of hydrogen-bond donors (Lipinski definition) is 0.